The van der Waals surface area contributed by atoms with E-state index in [9.17, 15) is 0 Å². The number of hydrogen-bond donors (Lipinski definition) is 2. The highest BCUT2D eigenvalue weighted by Gasteiger charge is 2.30. The van der Waals surface area contributed by atoms with Crippen molar-refractivity contribution in [3.05, 3.63) is 48.0 Å². The van der Waals surface area contributed by atoms with Crippen molar-refractivity contribution in [1.29, 1.82) is 0 Å². The molecule has 1 atom stereocenters. The monoisotopic (exact) mass is 296 g/mol. The predicted octanol–water partition coefficient (Wildman–Crippen LogP) is 3.37. The zero-order valence-electron chi connectivity index (χ0n) is 12.0. The molecule has 1 saturated heterocycles. The third kappa shape index (κ3) is 2.34. The summed E-state index contributed by atoms with van der Waals surface area (Å²) in [5.41, 5.74) is 5.45. The molecule has 2 nitrogen and oxygen atoms in total. The van der Waals surface area contributed by atoms with E-state index < -0.39 is 0 Å². The molecule has 0 spiro atoms. The van der Waals surface area contributed by atoms with Crippen LogP contribution in [-0.2, 0) is 6.42 Å². The molecule has 2 aliphatic rings. The van der Waals surface area contributed by atoms with Crippen molar-refractivity contribution in [2.45, 2.75) is 23.8 Å². The number of benzene rings is 2. The molecule has 0 saturated carbocycles. The normalized spacial score (nSPS) is 20.8. The average molecular weight is 296 g/mol. The minimum atomic E-state index is 0.677. The van der Waals surface area contributed by atoms with Crippen LogP contribution in [0.5, 0.6) is 0 Å². The van der Waals surface area contributed by atoms with Gasteiger partial charge in [-0.2, -0.15) is 0 Å². The third-order valence-electron chi connectivity index (χ3n) is 4.68. The fourth-order valence-electron chi connectivity index (χ4n) is 3.63. The lowest BCUT2D eigenvalue weighted by atomic mass is 10.0. The molecule has 1 unspecified atom stereocenters. The van der Waals surface area contributed by atoms with Crippen LogP contribution >= 0.6 is 12.6 Å². The van der Waals surface area contributed by atoms with E-state index in [4.69, 9.17) is 0 Å². The summed E-state index contributed by atoms with van der Waals surface area (Å²) < 4.78 is 0. The standard InChI is InChI=1S/C18H20N2S/c21-18-4-2-1-3-16(18)13-5-6-17-14(11-13)12-15-7-8-19-9-10-20(15)17/h1-6,11,15,19,21H,7-10,12H2. The number of anilines is 1. The second kappa shape index (κ2) is 5.39. The molecule has 2 aliphatic heterocycles. The fourth-order valence-corrected chi connectivity index (χ4v) is 3.92. The lowest BCUT2D eigenvalue weighted by Crippen LogP contribution is -2.32. The molecule has 0 amide bonds. The zero-order valence-corrected chi connectivity index (χ0v) is 12.9. The largest absolute Gasteiger partial charge is 0.367 e. The summed E-state index contributed by atoms with van der Waals surface area (Å²) >= 11 is 4.59. The van der Waals surface area contributed by atoms with Gasteiger partial charge in [-0.1, -0.05) is 24.3 Å². The molecular weight excluding hydrogens is 276 g/mol. The van der Waals surface area contributed by atoms with E-state index in [0.717, 1.165) is 24.5 Å². The first-order chi connectivity index (χ1) is 10.3. The van der Waals surface area contributed by atoms with E-state index in [-0.39, 0.29) is 0 Å². The molecule has 108 valence electrons. The molecule has 1 N–H and O–H groups in total. The summed E-state index contributed by atoms with van der Waals surface area (Å²) in [6.45, 7) is 3.36. The van der Waals surface area contributed by atoms with Gasteiger partial charge in [-0.05, 0) is 54.3 Å². The SMILES string of the molecule is Sc1ccccc1-c1ccc2c(c1)CC1CCNCCN21. The number of rotatable bonds is 1. The summed E-state index contributed by atoms with van der Waals surface area (Å²) in [6, 6.07) is 15.9. The van der Waals surface area contributed by atoms with Gasteiger partial charge in [0.25, 0.3) is 0 Å². The lowest BCUT2D eigenvalue weighted by molar-refractivity contribution is 0.612. The second-order valence-electron chi connectivity index (χ2n) is 5.95. The summed E-state index contributed by atoms with van der Waals surface area (Å²) in [5, 5.41) is 3.50. The lowest BCUT2D eigenvalue weighted by Gasteiger charge is -2.24. The second-order valence-corrected chi connectivity index (χ2v) is 6.43. The Labute approximate surface area is 131 Å². The van der Waals surface area contributed by atoms with Crippen molar-refractivity contribution in [3.8, 4) is 11.1 Å². The third-order valence-corrected chi connectivity index (χ3v) is 5.07. The van der Waals surface area contributed by atoms with Gasteiger partial charge in [-0.25, -0.2) is 0 Å². The highest BCUT2D eigenvalue weighted by molar-refractivity contribution is 7.80. The number of nitrogens with zero attached hydrogens (tertiary/aromatic N) is 1. The van der Waals surface area contributed by atoms with Gasteiger partial charge in [0, 0.05) is 29.7 Å². The van der Waals surface area contributed by atoms with E-state index >= 15 is 0 Å². The van der Waals surface area contributed by atoms with Gasteiger partial charge in [-0.15, -0.1) is 12.6 Å². The first-order valence-corrected chi connectivity index (χ1v) is 8.16. The average Bonchev–Trinajstić information content (AvgIpc) is 2.68. The fraction of sp³-hybridized carbons (Fsp3) is 0.333. The van der Waals surface area contributed by atoms with Gasteiger partial charge in [0.1, 0.15) is 0 Å². The number of hydrogen-bond acceptors (Lipinski definition) is 3. The maximum Gasteiger partial charge on any atom is 0.0403 e. The first-order valence-electron chi connectivity index (χ1n) is 7.71. The van der Waals surface area contributed by atoms with Gasteiger partial charge in [-0.3, -0.25) is 0 Å². The van der Waals surface area contributed by atoms with Crippen LogP contribution in [0.15, 0.2) is 47.4 Å². The summed E-state index contributed by atoms with van der Waals surface area (Å²) in [4.78, 5) is 3.64. The van der Waals surface area contributed by atoms with Gasteiger partial charge < -0.3 is 10.2 Å². The van der Waals surface area contributed by atoms with Gasteiger partial charge in [0.15, 0.2) is 0 Å². The Hall–Kier alpha value is -1.45. The highest BCUT2D eigenvalue weighted by Crippen LogP contribution is 2.37. The maximum absolute atomic E-state index is 4.59. The Bertz CT molecular complexity index is 668. The zero-order chi connectivity index (χ0) is 14.2. The van der Waals surface area contributed by atoms with Crippen LogP contribution in [0.1, 0.15) is 12.0 Å². The minimum Gasteiger partial charge on any atom is -0.367 e. The Morgan fingerprint density at radius 3 is 2.90 bits per heavy atom. The van der Waals surface area contributed by atoms with Crippen LogP contribution in [0.3, 0.4) is 0 Å². The van der Waals surface area contributed by atoms with Gasteiger partial charge >= 0.3 is 0 Å². The van der Waals surface area contributed by atoms with Crippen LogP contribution < -0.4 is 10.2 Å². The van der Waals surface area contributed by atoms with E-state index in [0.29, 0.717) is 6.04 Å². The Morgan fingerprint density at radius 2 is 2.00 bits per heavy atom. The summed E-state index contributed by atoms with van der Waals surface area (Å²) in [7, 11) is 0. The highest BCUT2D eigenvalue weighted by atomic mass is 32.1. The minimum absolute atomic E-state index is 0.677. The number of nitrogens with one attached hydrogen (secondary N) is 1. The number of thiol groups is 1. The quantitative estimate of drug-likeness (QED) is 0.785. The van der Waals surface area contributed by atoms with Crippen LogP contribution in [0, 0.1) is 0 Å². The van der Waals surface area contributed by atoms with Gasteiger partial charge in [0.05, 0.1) is 0 Å². The van der Waals surface area contributed by atoms with E-state index in [1.807, 2.05) is 6.07 Å². The molecule has 4 rings (SSSR count). The van der Waals surface area contributed by atoms with Crippen molar-refractivity contribution in [1.82, 2.24) is 5.32 Å². The molecule has 21 heavy (non-hydrogen) atoms. The summed E-state index contributed by atoms with van der Waals surface area (Å²) in [6.07, 6.45) is 2.42. The van der Waals surface area contributed by atoms with E-state index in [2.05, 4.69) is 59.2 Å². The first kappa shape index (κ1) is 13.2. The Balaban J connectivity index is 1.72. The van der Waals surface area contributed by atoms with Crippen molar-refractivity contribution in [2.24, 2.45) is 0 Å². The van der Waals surface area contributed by atoms with Crippen molar-refractivity contribution >= 4 is 18.3 Å². The van der Waals surface area contributed by atoms with E-state index in [1.165, 1.54) is 35.2 Å². The molecule has 0 radical (unpaired) electrons. The van der Waals surface area contributed by atoms with Crippen molar-refractivity contribution in [2.75, 3.05) is 24.5 Å². The Kier molecular flexibility index (Phi) is 3.40. The molecule has 2 heterocycles. The maximum atomic E-state index is 4.59. The van der Waals surface area contributed by atoms with Crippen LogP contribution in [0.25, 0.3) is 11.1 Å². The Morgan fingerprint density at radius 1 is 1.10 bits per heavy atom. The van der Waals surface area contributed by atoms with E-state index in [1.54, 1.807) is 0 Å². The van der Waals surface area contributed by atoms with Crippen molar-refractivity contribution < 1.29 is 0 Å². The van der Waals surface area contributed by atoms with Gasteiger partial charge in [0.2, 0.25) is 0 Å². The summed E-state index contributed by atoms with van der Waals surface area (Å²) in [5.74, 6) is 0. The molecule has 0 aromatic heterocycles. The smallest absolute Gasteiger partial charge is 0.0403 e. The number of fused-ring (bicyclic) bond motifs is 3. The molecule has 2 aromatic rings. The molecule has 1 fully saturated rings. The van der Waals surface area contributed by atoms with Crippen LogP contribution in [0.4, 0.5) is 5.69 Å². The molecule has 3 heteroatoms. The molecule has 0 aliphatic carbocycles. The molecular formula is C18H20N2S. The molecule has 0 bridgehead atoms. The van der Waals surface area contributed by atoms with Crippen LogP contribution in [0.2, 0.25) is 0 Å². The topological polar surface area (TPSA) is 15.3 Å². The molecule has 2 aromatic carbocycles. The van der Waals surface area contributed by atoms with Crippen LogP contribution in [-0.4, -0.2) is 25.7 Å². The predicted molar refractivity (Wildman–Crippen MR) is 91.5 cm³/mol. The van der Waals surface area contributed by atoms with Crippen molar-refractivity contribution in [3.63, 3.8) is 0 Å².